The number of aromatic nitrogens is 2. The molecule has 2 amide bonds. The molecule has 1 atom stereocenters. The third-order valence-electron chi connectivity index (χ3n) is 4.61. The van der Waals surface area contributed by atoms with E-state index in [9.17, 15) is 4.79 Å². The Morgan fingerprint density at radius 3 is 2.84 bits per heavy atom. The van der Waals surface area contributed by atoms with E-state index in [4.69, 9.17) is 8.83 Å². The number of amides is 2. The second-order valence-corrected chi connectivity index (χ2v) is 6.40. The third kappa shape index (κ3) is 3.09. The van der Waals surface area contributed by atoms with Gasteiger partial charge < -0.3 is 13.7 Å². The van der Waals surface area contributed by atoms with Gasteiger partial charge in [-0.05, 0) is 38.8 Å². The number of piperidine rings is 1. The Bertz CT molecular complexity index is 862. The van der Waals surface area contributed by atoms with Crippen molar-refractivity contribution in [2.75, 3.05) is 18.4 Å². The van der Waals surface area contributed by atoms with Gasteiger partial charge in [0.15, 0.2) is 11.5 Å². The third-order valence-corrected chi connectivity index (χ3v) is 4.61. The van der Waals surface area contributed by atoms with Crippen LogP contribution in [0, 0.1) is 13.8 Å². The molecule has 1 aromatic carbocycles. The first-order valence-corrected chi connectivity index (χ1v) is 8.45. The van der Waals surface area contributed by atoms with Crippen LogP contribution in [-0.2, 0) is 0 Å². The highest BCUT2D eigenvalue weighted by Gasteiger charge is 2.28. The van der Waals surface area contributed by atoms with Gasteiger partial charge in [0.05, 0.1) is 11.6 Å². The number of carbonyl (C=O) groups excluding carboxylic acids is 1. The van der Waals surface area contributed by atoms with Crippen LogP contribution in [0.4, 0.5) is 10.8 Å². The zero-order valence-electron chi connectivity index (χ0n) is 14.3. The van der Waals surface area contributed by atoms with Crippen molar-refractivity contribution in [3.63, 3.8) is 0 Å². The number of carbonyl (C=O) groups is 1. The number of fused-ring (bicyclic) bond motifs is 1. The van der Waals surface area contributed by atoms with E-state index in [0.717, 1.165) is 29.6 Å². The molecule has 0 spiro atoms. The fourth-order valence-corrected chi connectivity index (χ4v) is 3.12. The van der Waals surface area contributed by atoms with Crippen LogP contribution < -0.4 is 5.32 Å². The van der Waals surface area contributed by atoms with Gasteiger partial charge in [-0.15, -0.1) is 0 Å². The summed E-state index contributed by atoms with van der Waals surface area (Å²) in [5.74, 6) is 1.50. The molecule has 7 heteroatoms. The van der Waals surface area contributed by atoms with Gasteiger partial charge in [0.25, 0.3) is 0 Å². The number of nitrogens with one attached hydrogen (secondary N) is 1. The average Bonchev–Trinajstić information content (AvgIpc) is 3.18. The molecule has 1 aliphatic heterocycles. The first kappa shape index (κ1) is 15.7. The van der Waals surface area contributed by atoms with Crippen molar-refractivity contribution in [3.05, 3.63) is 41.6 Å². The molecule has 0 saturated carbocycles. The summed E-state index contributed by atoms with van der Waals surface area (Å²) in [5.41, 5.74) is 2.41. The summed E-state index contributed by atoms with van der Waals surface area (Å²) in [6, 6.07) is 7.74. The van der Waals surface area contributed by atoms with Crippen molar-refractivity contribution >= 4 is 23.1 Å². The predicted molar refractivity (Wildman–Crippen MR) is 92.6 cm³/mol. The number of urea groups is 1. The van der Waals surface area contributed by atoms with Gasteiger partial charge in [-0.25, -0.2) is 9.78 Å². The Morgan fingerprint density at radius 1 is 1.24 bits per heavy atom. The lowest BCUT2D eigenvalue weighted by atomic mass is 9.98. The van der Waals surface area contributed by atoms with Crippen LogP contribution in [0.25, 0.3) is 11.1 Å². The van der Waals surface area contributed by atoms with E-state index in [1.54, 1.807) is 4.90 Å². The van der Waals surface area contributed by atoms with Gasteiger partial charge in [0.1, 0.15) is 11.3 Å². The lowest BCUT2D eigenvalue weighted by Gasteiger charge is -2.30. The summed E-state index contributed by atoms with van der Waals surface area (Å²) in [5, 5.41) is 2.73. The number of hydrogen-bond acceptors (Lipinski definition) is 5. The van der Waals surface area contributed by atoms with Crippen molar-refractivity contribution < 1.29 is 13.6 Å². The first-order chi connectivity index (χ1) is 12.1. The van der Waals surface area contributed by atoms with E-state index in [0.29, 0.717) is 24.7 Å². The van der Waals surface area contributed by atoms with Crippen molar-refractivity contribution in [3.8, 4) is 0 Å². The highest BCUT2D eigenvalue weighted by atomic mass is 16.4. The molecular formula is C18H20N4O3. The van der Waals surface area contributed by atoms with Crippen molar-refractivity contribution in [2.45, 2.75) is 32.6 Å². The maximum Gasteiger partial charge on any atom is 0.325 e. The minimum atomic E-state index is -0.206. The quantitative estimate of drug-likeness (QED) is 0.766. The van der Waals surface area contributed by atoms with Gasteiger partial charge in [0.2, 0.25) is 0 Å². The minimum absolute atomic E-state index is 0.0972. The highest BCUT2D eigenvalue weighted by Crippen LogP contribution is 2.29. The Kier molecular flexibility index (Phi) is 3.91. The molecule has 130 valence electrons. The number of benzene rings is 1. The lowest BCUT2D eigenvalue weighted by molar-refractivity contribution is 0.187. The molecule has 1 fully saturated rings. The Balaban J connectivity index is 1.47. The number of para-hydroxylation sites is 2. The van der Waals surface area contributed by atoms with Crippen LogP contribution in [0.2, 0.25) is 0 Å². The zero-order chi connectivity index (χ0) is 17.4. The lowest BCUT2D eigenvalue weighted by Crippen LogP contribution is -2.41. The van der Waals surface area contributed by atoms with Crippen molar-refractivity contribution in [1.29, 1.82) is 0 Å². The highest BCUT2D eigenvalue weighted by molar-refractivity contribution is 5.87. The van der Waals surface area contributed by atoms with Gasteiger partial charge in [-0.3, -0.25) is 5.32 Å². The van der Waals surface area contributed by atoms with E-state index in [1.165, 1.54) is 0 Å². The second-order valence-electron chi connectivity index (χ2n) is 6.40. The molecule has 0 unspecified atom stereocenters. The van der Waals surface area contributed by atoms with Crippen LogP contribution in [-0.4, -0.2) is 34.0 Å². The van der Waals surface area contributed by atoms with Crippen molar-refractivity contribution in [2.24, 2.45) is 0 Å². The summed E-state index contributed by atoms with van der Waals surface area (Å²) in [7, 11) is 0. The fraction of sp³-hybridized carbons (Fsp3) is 0.389. The first-order valence-electron chi connectivity index (χ1n) is 8.45. The van der Waals surface area contributed by atoms with Gasteiger partial charge >= 0.3 is 12.0 Å². The molecule has 1 N–H and O–H groups in total. The maximum atomic E-state index is 12.5. The monoisotopic (exact) mass is 340 g/mol. The smallest absolute Gasteiger partial charge is 0.325 e. The Labute approximate surface area is 145 Å². The largest absolute Gasteiger partial charge is 0.440 e. The van der Waals surface area contributed by atoms with Gasteiger partial charge in [-0.1, -0.05) is 12.1 Å². The number of oxazole rings is 2. The van der Waals surface area contributed by atoms with Crippen LogP contribution in [0.1, 0.15) is 36.1 Å². The van der Waals surface area contributed by atoms with E-state index in [1.807, 2.05) is 38.1 Å². The van der Waals surface area contributed by atoms with E-state index in [-0.39, 0.29) is 18.0 Å². The predicted octanol–water partition coefficient (Wildman–Crippen LogP) is 3.84. The number of hydrogen-bond donors (Lipinski definition) is 1. The van der Waals surface area contributed by atoms with E-state index in [2.05, 4.69) is 15.3 Å². The van der Waals surface area contributed by atoms with Gasteiger partial charge in [-0.2, -0.15) is 4.98 Å². The topological polar surface area (TPSA) is 84.4 Å². The maximum absolute atomic E-state index is 12.5. The fourth-order valence-electron chi connectivity index (χ4n) is 3.12. The van der Waals surface area contributed by atoms with E-state index >= 15 is 0 Å². The Hall–Kier alpha value is -2.83. The number of likely N-dealkylation sites (tertiary alicyclic amines) is 1. The van der Waals surface area contributed by atoms with Gasteiger partial charge in [0, 0.05) is 13.1 Å². The number of aryl methyl sites for hydroxylation is 2. The molecule has 0 radical (unpaired) electrons. The van der Waals surface area contributed by atoms with Crippen LogP contribution in [0.5, 0.6) is 0 Å². The number of rotatable bonds is 2. The second kappa shape index (κ2) is 6.23. The molecule has 1 saturated heterocycles. The summed E-state index contributed by atoms with van der Waals surface area (Å²) in [6.07, 6.45) is 1.86. The average molecular weight is 340 g/mol. The molecule has 0 aliphatic carbocycles. The molecule has 4 rings (SSSR count). The molecule has 1 aliphatic rings. The molecule has 25 heavy (non-hydrogen) atoms. The summed E-state index contributed by atoms with van der Waals surface area (Å²) < 4.78 is 11.3. The molecule has 2 aromatic heterocycles. The number of nitrogens with zero attached hydrogens (tertiary/aromatic N) is 3. The van der Waals surface area contributed by atoms with Crippen molar-refractivity contribution in [1.82, 2.24) is 14.9 Å². The van der Waals surface area contributed by atoms with Crippen LogP contribution in [0.15, 0.2) is 33.1 Å². The zero-order valence-corrected chi connectivity index (χ0v) is 14.3. The molecule has 3 aromatic rings. The van der Waals surface area contributed by atoms with Crippen LogP contribution in [0.3, 0.4) is 0 Å². The molecule has 7 nitrogen and oxygen atoms in total. The molecule has 3 heterocycles. The Morgan fingerprint density at radius 2 is 2.08 bits per heavy atom. The summed E-state index contributed by atoms with van der Waals surface area (Å²) in [4.78, 5) is 23.0. The minimum Gasteiger partial charge on any atom is -0.440 e. The molecular weight excluding hydrogens is 320 g/mol. The summed E-state index contributed by atoms with van der Waals surface area (Å²) >= 11 is 0. The normalized spacial score (nSPS) is 17.8. The SMILES string of the molecule is Cc1nc(NC(=O)N2CCC[C@@H](c3nc4ccccc4o3)C2)oc1C. The van der Waals surface area contributed by atoms with E-state index < -0.39 is 0 Å². The molecule has 0 bridgehead atoms. The summed E-state index contributed by atoms with van der Waals surface area (Å²) in [6.45, 7) is 4.93. The standard InChI is InChI=1S/C18H20N4O3/c1-11-12(2)24-17(19-11)21-18(23)22-9-5-6-13(10-22)16-20-14-7-3-4-8-15(14)25-16/h3-4,7-8,13H,5-6,9-10H2,1-2H3,(H,19,21,23)/t13-/m1/s1. The van der Waals surface area contributed by atoms with Crippen LogP contribution >= 0.6 is 0 Å². The number of anilines is 1.